The van der Waals surface area contributed by atoms with Gasteiger partial charge in [-0.25, -0.2) is 4.98 Å². The molecule has 0 radical (unpaired) electrons. The van der Waals surface area contributed by atoms with E-state index >= 15 is 0 Å². The average molecular weight is 447 g/mol. The number of rotatable bonds is 8. The van der Waals surface area contributed by atoms with Gasteiger partial charge in [-0.05, 0) is 42.5 Å². The Labute approximate surface area is 190 Å². The second-order valence-electron chi connectivity index (χ2n) is 6.88. The van der Waals surface area contributed by atoms with Crippen molar-refractivity contribution in [3.05, 3.63) is 77.9 Å². The van der Waals surface area contributed by atoms with Crippen LogP contribution in [0.25, 0.3) is 11.3 Å². The number of thiazole rings is 1. The highest BCUT2D eigenvalue weighted by Crippen LogP contribution is 2.28. The number of aromatic nitrogens is 2. The molecule has 2 N–H and O–H groups in total. The summed E-state index contributed by atoms with van der Waals surface area (Å²) in [6, 6.07) is 16.8. The Morgan fingerprint density at radius 3 is 2.44 bits per heavy atom. The van der Waals surface area contributed by atoms with Crippen molar-refractivity contribution in [2.45, 2.75) is 6.42 Å². The monoisotopic (exact) mass is 446 g/mol. The number of carbonyl (C=O) groups is 1. The van der Waals surface area contributed by atoms with Crippen LogP contribution in [0.4, 0.5) is 16.5 Å². The molecule has 0 aliphatic carbocycles. The van der Waals surface area contributed by atoms with Gasteiger partial charge in [0.15, 0.2) is 5.13 Å². The molecular formula is C24H22N4O3S. The van der Waals surface area contributed by atoms with E-state index in [9.17, 15) is 4.79 Å². The molecule has 8 heteroatoms. The summed E-state index contributed by atoms with van der Waals surface area (Å²) < 4.78 is 10.6. The Bertz CT molecular complexity index is 1190. The maximum absolute atomic E-state index is 12.5. The predicted octanol–water partition coefficient (Wildman–Crippen LogP) is 5.15. The van der Waals surface area contributed by atoms with Gasteiger partial charge in [-0.1, -0.05) is 6.07 Å². The molecule has 7 nitrogen and oxygen atoms in total. The number of hydrogen-bond donors (Lipinski definition) is 2. The summed E-state index contributed by atoms with van der Waals surface area (Å²) >= 11 is 1.53. The van der Waals surface area contributed by atoms with Crippen LogP contribution in [0.3, 0.4) is 0 Å². The van der Waals surface area contributed by atoms with E-state index in [1.54, 1.807) is 32.7 Å². The predicted molar refractivity (Wildman–Crippen MR) is 127 cm³/mol. The van der Waals surface area contributed by atoms with Gasteiger partial charge in [-0.15, -0.1) is 11.3 Å². The van der Waals surface area contributed by atoms with Crippen LogP contribution in [-0.4, -0.2) is 30.1 Å². The summed E-state index contributed by atoms with van der Waals surface area (Å²) in [6.45, 7) is 0. The van der Waals surface area contributed by atoms with E-state index in [2.05, 4.69) is 20.6 Å². The van der Waals surface area contributed by atoms with Gasteiger partial charge in [0.2, 0.25) is 5.91 Å². The summed E-state index contributed by atoms with van der Waals surface area (Å²) in [5, 5.41) is 9.00. The molecule has 0 aliphatic rings. The number of benzene rings is 2. The highest BCUT2D eigenvalue weighted by Gasteiger charge is 2.11. The lowest BCUT2D eigenvalue weighted by Gasteiger charge is -2.11. The Hall–Kier alpha value is -3.91. The van der Waals surface area contributed by atoms with Gasteiger partial charge in [0.25, 0.3) is 0 Å². The van der Waals surface area contributed by atoms with Crippen LogP contribution in [-0.2, 0) is 11.2 Å². The molecule has 162 valence electrons. The number of hydrogen-bond acceptors (Lipinski definition) is 7. The van der Waals surface area contributed by atoms with Crippen LogP contribution >= 0.6 is 11.3 Å². The van der Waals surface area contributed by atoms with Gasteiger partial charge in [0, 0.05) is 46.3 Å². The van der Waals surface area contributed by atoms with Crippen molar-refractivity contribution in [3.63, 3.8) is 0 Å². The molecule has 0 unspecified atom stereocenters. The van der Waals surface area contributed by atoms with Crippen LogP contribution in [0.2, 0.25) is 0 Å². The molecule has 32 heavy (non-hydrogen) atoms. The van der Waals surface area contributed by atoms with Gasteiger partial charge in [-0.2, -0.15) is 0 Å². The number of ether oxygens (including phenoxy) is 2. The highest BCUT2D eigenvalue weighted by molar-refractivity contribution is 7.14. The number of carbonyl (C=O) groups excluding carboxylic acids is 1. The van der Waals surface area contributed by atoms with Crippen LogP contribution < -0.4 is 20.1 Å². The quantitative estimate of drug-likeness (QED) is 0.389. The molecule has 0 bridgehead atoms. The van der Waals surface area contributed by atoms with E-state index in [1.165, 1.54) is 11.3 Å². The van der Waals surface area contributed by atoms with Crippen molar-refractivity contribution in [2.75, 3.05) is 24.9 Å². The maximum Gasteiger partial charge on any atom is 0.228 e. The topological polar surface area (TPSA) is 85.4 Å². The van der Waals surface area contributed by atoms with Crippen LogP contribution in [0.1, 0.15) is 5.56 Å². The Morgan fingerprint density at radius 2 is 1.72 bits per heavy atom. The number of amides is 1. The minimum atomic E-state index is -0.129. The molecule has 0 aliphatic heterocycles. The van der Waals surface area contributed by atoms with E-state index in [-0.39, 0.29) is 12.3 Å². The summed E-state index contributed by atoms with van der Waals surface area (Å²) in [4.78, 5) is 21.1. The van der Waals surface area contributed by atoms with Crippen molar-refractivity contribution >= 4 is 33.8 Å². The number of nitrogens with zero attached hydrogens (tertiary/aromatic N) is 2. The molecule has 4 rings (SSSR count). The normalized spacial score (nSPS) is 10.4. The zero-order valence-electron chi connectivity index (χ0n) is 17.7. The molecule has 0 saturated carbocycles. The molecule has 0 fully saturated rings. The first-order valence-corrected chi connectivity index (χ1v) is 10.8. The largest absolute Gasteiger partial charge is 0.497 e. The fourth-order valence-electron chi connectivity index (χ4n) is 3.12. The molecule has 0 atom stereocenters. The van der Waals surface area contributed by atoms with E-state index in [0.29, 0.717) is 17.2 Å². The standard InChI is InChI=1S/C24H22N4O3S/c1-30-20-8-3-17(22(14-20)31-2)13-23(29)26-18-4-6-19(7-5-18)27-24-28-21(15-32-24)16-9-11-25-12-10-16/h3-12,14-15H,13H2,1-2H3,(H,26,29)(H,27,28). The minimum Gasteiger partial charge on any atom is -0.497 e. The smallest absolute Gasteiger partial charge is 0.228 e. The van der Waals surface area contributed by atoms with Crippen molar-refractivity contribution in [1.29, 1.82) is 0 Å². The van der Waals surface area contributed by atoms with Crippen molar-refractivity contribution in [3.8, 4) is 22.8 Å². The first-order chi connectivity index (χ1) is 15.6. The lowest BCUT2D eigenvalue weighted by atomic mass is 10.1. The molecule has 2 aromatic carbocycles. The first kappa shape index (κ1) is 21.3. The van der Waals surface area contributed by atoms with Gasteiger partial charge in [0.05, 0.1) is 26.3 Å². The van der Waals surface area contributed by atoms with Gasteiger partial charge in [-0.3, -0.25) is 9.78 Å². The van der Waals surface area contributed by atoms with Gasteiger partial charge < -0.3 is 20.1 Å². The molecule has 4 aromatic rings. The lowest BCUT2D eigenvalue weighted by molar-refractivity contribution is -0.115. The van der Waals surface area contributed by atoms with E-state index in [4.69, 9.17) is 9.47 Å². The van der Waals surface area contributed by atoms with E-state index in [1.807, 2.05) is 53.9 Å². The summed E-state index contributed by atoms with van der Waals surface area (Å²) in [6.07, 6.45) is 3.70. The minimum absolute atomic E-state index is 0.129. The second kappa shape index (κ2) is 9.93. The lowest BCUT2D eigenvalue weighted by Crippen LogP contribution is -2.15. The fourth-order valence-corrected chi connectivity index (χ4v) is 3.86. The molecule has 2 heterocycles. The van der Waals surface area contributed by atoms with Crippen LogP contribution in [0.15, 0.2) is 72.4 Å². The Kier molecular flexibility index (Phi) is 6.62. The molecule has 0 spiro atoms. The van der Waals surface area contributed by atoms with Crippen molar-refractivity contribution < 1.29 is 14.3 Å². The third-order valence-corrected chi connectivity index (χ3v) is 5.50. The second-order valence-corrected chi connectivity index (χ2v) is 7.74. The third-order valence-electron chi connectivity index (χ3n) is 4.75. The summed E-state index contributed by atoms with van der Waals surface area (Å²) in [5.41, 5.74) is 4.31. The number of nitrogens with one attached hydrogen (secondary N) is 2. The number of methoxy groups -OCH3 is 2. The van der Waals surface area contributed by atoms with Crippen molar-refractivity contribution in [1.82, 2.24) is 9.97 Å². The average Bonchev–Trinajstić information content (AvgIpc) is 3.29. The zero-order chi connectivity index (χ0) is 22.3. The Morgan fingerprint density at radius 1 is 0.969 bits per heavy atom. The molecular weight excluding hydrogens is 424 g/mol. The summed E-state index contributed by atoms with van der Waals surface area (Å²) in [5.74, 6) is 1.17. The van der Waals surface area contributed by atoms with Gasteiger partial charge in [0.1, 0.15) is 11.5 Å². The van der Waals surface area contributed by atoms with Crippen LogP contribution in [0, 0.1) is 0 Å². The molecule has 1 amide bonds. The van der Waals surface area contributed by atoms with Gasteiger partial charge >= 0.3 is 0 Å². The Balaban J connectivity index is 1.36. The maximum atomic E-state index is 12.5. The first-order valence-electron chi connectivity index (χ1n) is 9.88. The molecule has 0 saturated heterocycles. The number of anilines is 3. The fraction of sp³-hybridized carbons (Fsp3) is 0.125. The summed E-state index contributed by atoms with van der Waals surface area (Å²) in [7, 11) is 3.17. The SMILES string of the molecule is COc1ccc(CC(=O)Nc2ccc(Nc3nc(-c4ccncc4)cs3)cc2)c(OC)c1. The zero-order valence-corrected chi connectivity index (χ0v) is 18.5. The molecule has 2 aromatic heterocycles. The van der Waals surface area contributed by atoms with E-state index in [0.717, 1.165) is 27.6 Å². The van der Waals surface area contributed by atoms with E-state index < -0.39 is 0 Å². The van der Waals surface area contributed by atoms with Crippen molar-refractivity contribution in [2.24, 2.45) is 0 Å². The number of pyridine rings is 1. The highest BCUT2D eigenvalue weighted by atomic mass is 32.1. The third kappa shape index (κ3) is 5.22. The van der Waals surface area contributed by atoms with Crippen LogP contribution in [0.5, 0.6) is 11.5 Å².